The van der Waals surface area contributed by atoms with Gasteiger partial charge in [0.1, 0.15) is 4.99 Å². The van der Waals surface area contributed by atoms with Crippen LogP contribution in [0.1, 0.15) is 49.7 Å². The molecule has 2 nitrogen and oxygen atoms in total. The zero-order chi connectivity index (χ0) is 13.7. The summed E-state index contributed by atoms with van der Waals surface area (Å²) in [6.45, 7) is 3.17. The summed E-state index contributed by atoms with van der Waals surface area (Å²) in [5.41, 5.74) is 9.01. The van der Waals surface area contributed by atoms with Crippen molar-refractivity contribution in [2.75, 3.05) is 11.9 Å². The number of hydrogen-bond acceptors (Lipinski definition) is 2. The van der Waals surface area contributed by atoms with Crippen molar-refractivity contribution in [3.63, 3.8) is 0 Å². The van der Waals surface area contributed by atoms with Crippen LogP contribution in [-0.2, 0) is 0 Å². The lowest BCUT2D eigenvalue weighted by Crippen LogP contribution is -2.13. The summed E-state index contributed by atoms with van der Waals surface area (Å²) >= 11 is 5.00. The fraction of sp³-hybridized carbons (Fsp3) is 0.562. The first-order valence-electron chi connectivity index (χ1n) is 7.31. The molecule has 0 saturated heterocycles. The Balaban J connectivity index is 1.83. The number of thiocarbonyl (C=S) groups is 1. The van der Waals surface area contributed by atoms with Gasteiger partial charge in [0.15, 0.2) is 0 Å². The third-order valence-corrected chi connectivity index (χ3v) is 4.34. The maximum Gasteiger partial charge on any atom is 0.103 e. The number of rotatable bonds is 5. The van der Waals surface area contributed by atoms with E-state index in [4.69, 9.17) is 18.0 Å². The summed E-state index contributed by atoms with van der Waals surface area (Å²) in [4.78, 5) is 0.469. The van der Waals surface area contributed by atoms with Gasteiger partial charge in [-0.05, 0) is 43.0 Å². The van der Waals surface area contributed by atoms with E-state index in [9.17, 15) is 0 Å². The number of nitrogens with one attached hydrogen (secondary N) is 1. The van der Waals surface area contributed by atoms with Gasteiger partial charge in [-0.2, -0.15) is 0 Å². The monoisotopic (exact) mass is 276 g/mol. The van der Waals surface area contributed by atoms with E-state index in [1.54, 1.807) is 0 Å². The average molecular weight is 276 g/mol. The molecule has 0 atom stereocenters. The standard InChI is InChI=1S/C16H24N2S/c1-12-11-14(16(17)19)7-8-15(12)18-10-9-13-5-3-2-4-6-13/h7-8,11,13,18H,2-6,9-10H2,1H3,(H2,17,19). The van der Waals surface area contributed by atoms with Crippen LogP contribution in [0.2, 0.25) is 0 Å². The molecular weight excluding hydrogens is 252 g/mol. The van der Waals surface area contributed by atoms with E-state index in [-0.39, 0.29) is 0 Å². The SMILES string of the molecule is Cc1cc(C(N)=S)ccc1NCCC1CCCCC1. The molecule has 0 unspecified atom stereocenters. The molecule has 2 rings (SSSR count). The lowest BCUT2D eigenvalue weighted by Gasteiger charge is -2.22. The van der Waals surface area contributed by atoms with Crippen molar-refractivity contribution in [2.45, 2.75) is 45.4 Å². The summed E-state index contributed by atoms with van der Waals surface area (Å²) in [5.74, 6) is 0.928. The number of nitrogens with two attached hydrogens (primary N) is 1. The molecule has 1 fully saturated rings. The van der Waals surface area contributed by atoms with Gasteiger partial charge in [-0.15, -0.1) is 0 Å². The minimum atomic E-state index is 0.469. The molecule has 1 aromatic carbocycles. The van der Waals surface area contributed by atoms with Crippen LogP contribution in [0.25, 0.3) is 0 Å². The van der Waals surface area contributed by atoms with Gasteiger partial charge in [0, 0.05) is 17.8 Å². The number of benzene rings is 1. The first-order chi connectivity index (χ1) is 9.16. The molecule has 0 bridgehead atoms. The van der Waals surface area contributed by atoms with Crippen LogP contribution >= 0.6 is 12.2 Å². The number of anilines is 1. The van der Waals surface area contributed by atoms with E-state index < -0.39 is 0 Å². The van der Waals surface area contributed by atoms with Crippen LogP contribution in [-0.4, -0.2) is 11.5 Å². The maximum absolute atomic E-state index is 5.64. The predicted molar refractivity (Wildman–Crippen MR) is 86.7 cm³/mol. The Morgan fingerprint density at radius 1 is 1.32 bits per heavy atom. The molecule has 0 spiro atoms. The Morgan fingerprint density at radius 3 is 2.68 bits per heavy atom. The molecule has 1 aliphatic carbocycles. The third-order valence-electron chi connectivity index (χ3n) is 4.10. The number of hydrogen-bond donors (Lipinski definition) is 2. The van der Waals surface area contributed by atoms with Crippen molar-refractivity contribution in [1.82, 2.24) is 0 Å². The zero-order valence-electron chi connectivity index (χ0n) is 11.7. The van der Waals surface area contributed by atoms with Crippen LogP contribution in [0, 0.1) is 12.8 Å². The highest BCUT2D eigenvalue weighted by atomic mass is 32.1. The predicted octanol–water partition coefficient (Wildman–Crippen LogP) is 4.01. The van der Waals surface area contributed by atoms with Gasteiger partial charge in [0.25, 0.3) is 0 Å². The van der Waals surface area contributed by atoms with Crippen molar-refractivity contribution in [3.8, 4) is 0 Å². The molecule has 1 aliphatic rings. The lowest BCUT2D eigenvalue weighted by atomic mass is 9.87. The maximum atomic E-state index is 5.64. The fourth-order valence-corrected chi connectivity index (χ4v) is 3.03. The zero-order valence-corrected chi connectivity index (χ0v) is 12.6. The van der Waals surface area contributed by atoms with Crippen LogP contribution in [0.3, 0.4) is 0 Å². The second-order valence-corrected chi connectivity index (χ2v) is 6.05. The van der Waals surface area contributed by atoms with Crippen LogP contribution in [0.4, 0.5) is 5.69 Å². The van der Waals surface area contributed by atoms with Crippen LogP contribution < -0.4 is 11.1 Å². The summed E-state index contributed by atoms with van der Waals surface area (Å²) in [5, 5.41) is 3.54. The van der Waals surface area contributed by atoms with Crippen molar-refractivity contribution < 1.29 is 0 Å². The Labute approximate surface area is 121 Å². The topological polar surface area (TPSA) is 38.0 Å². The van der Waals surface area contributed by atoms with Gasteiger partial charge in [0.2, 0.25) is 0 Å². The average Bonchev–Trinajstić information content (AvgIpc) is 2.41. The van der Waals surface area contributed by atoms with Crippen molar-refractivity contribution >= 4 is 22.9 Å². The molecule has 3 N–H and O–H groups in total. The van der Waals surface area contributed by atoms with E-state index >= 15 is 0 Å². The summed E-state index contributed by atoms with van der Waals surface area (Å²) in [6, 6.07) is 6.15. The van der Waals surface area contributed by atoms with Crippen molar-refractivity contribution in [1.29, 1.82) is 0 Å². The molecule has 0 radical (unpaired) electrons. The van der Waals surface area contributed by atoms with Gasteiger partial charge in [-0.25, -0.2) is 0 Å². The lowest BCUT2D eigenvalue weighted by molar-refractivity contribution is 0.345. The Hall–Kier alpha value is -1.09. The van der Waals surface area contributed by atoms with E-state index in [1.807, 2.05) is 6.07 Å². The Kier molecular flexibility index (Phi) is 5.20. The first-order valence-corrected chi connectivity index (χ1v) is 7.72. The van der Waals surface area contributed by atoms with E-state index in [1.165, 1.54) is 49.8 Å². The molecule has 104 valence electrons. The van der Waals surface area contributed by atoms with E-state index in [2.05, 4.69) is 24.4 Å². The van der Waals surface area contributed by atoms with Gasteiger partial charge in [-0.3, -0.25) is 0 Å². The third kappa shape index (κ3) is 4.20. The normalized spacial score (nSPS) is 16.3. The van der Waals surface area contributed by atoms with E-state index in [0.717, 1.165) is 18.0 Å². The smallest absolute Gasteiger partial charge is 0.103 e. The summed E-state index contributed by atoms with van der Waals surface area (Å²) in [6.07, 6.45) is 8.40. The molecule has 0 amide bonds. The molecule has 1 saturated carbocycles. The van der Waals surface area contributed by atoms with Gasteiger partial charge in [0.05, 0.1) is 0 Å². The molecule has 0 aliphatic heterocycles. The molecule has 0 heterocycles. The second kappa shape index (κ2) is 6.90. The van der Waals surface area contributed by atoms with Crippen molar-refractivity contribution in [3.05, 3.63) is 29.3 Å². The quantitative estimate of drug-likeness (QED) is 0.798. The highest BCUT2D eigenvalue weighted by Gasteiger charge is 2.12. The first kappa shape index (κ1) is 14.3. The van der Waals surface area contributed by atoms with Gasteiger partial charge >= 0.3 is 0 Å². The highest BCUT2D eigenvalue weighted by Crippen LogP contribution is 2.26. The Morgan fingerprint density at radius 2 is 2.05 bits per heavy atom. The van der Waals surface area contributed by atoms with Crippen LogP contribution in [0.15, 0.2) is 18.2 Å². The van der Waals surface area contributed by atoms with Crippen LogP contribution in [0.5, 0.6) is 0 Å². The fourth-order valence-electron chi connectivity index (χ4n) is 2.90. The number of aryl methyl sites for hydroxylation is 1. The molecule has 3 heteroatoms. The minimum Gasteiger partial charge on any atom is -0.389 e. The molecular formula is C16H24N2S. The molecule has 19 heavy (non-hydrogen) atoms. The Bertz CT molecular complexity index is 436. The largest absolute Gasteiger partial charge is 0.389 e. The highest BCUT2D eigenvalue weighted by molar-refractivity contribution is 7.80. The summed E-state index contributed by atoms with van der Waals surface area (Å²) in [7, 11) is 0. The minimum absolute atomic E-state index is 0.469. The second-order valence-electron chi connectivity index (χ2n) is 5.61. The van der Waals surface area contributed by atoms with E-state index in [0.29, 0.717) is 4.99 Å². The molecule has 1 aromatic rings. The van der Waals surface area contributed by atoms with Gasteiger partial charge < -0.3 is 11.1 Å². The van der Waals surface area contributed by atoms with Crippen molar-refractivity contribution in [2.24, 2.45) is 11.7 Å². The molecule has 0 aromatic heterocycles. The summed E-state index contributed by atoms with van der Waals surface area (Å²) < 4.78 is 0. The van der Waals surface area contributed by atoms with Gasteiger partial charge in [-0.1, -0.05) is 44.3 Å².